The average Bonchev–Trinajstić information content (AvgIpc) is 3.50. The van der Waals surface area contributed by atoms with Crippen LogP contribution in [0.2, 0.25) is 0 Å². The van der Waals surface area contributed by atoms with Crippen molar-refractivity contribution < 1.29 is 24.2 Å². The second-order valence-corrected chi connectivity index (χ2v) is 9.57. The maximum Gasteiger partial charge on any atom is 0.319 e. The molecule has 0 unspecified atom stereocenters. The summed E-state index contributed by atoms with van der Waals surface area (Å²) < 4.78 is 12.2. The number of aliphatic hydroxyl groups is 1. The molecule has 9 nitrogen and oxygen atoms in total. The molecule has 3 aliphatic rings. The van der Waals surface area contributed by atoms with Crippen molar-refractivity contribution in [2.75, 3.05) is 11.9 Å². The van der Waals surface area contributed by atoms with Gasteiger partial charge in [-0.3, -0.25) is 9.78 Å². The molecule has 1 aromatic carbocycles. The summed E-state index contributed by atoms with van der Waals surface area (Å²) in [7, 11) is 0. The van der Waals surface area contributed by atoms with Gasteiger partial charge in [-0.2, -0.15) is 0 Å². The monoisotopic (exact) mass is 480 g/mol. The second kappa shape index (κ2) is 10.6. The largest absolute Gasteiger partial charge is 0.487 e. The van der Waals surface area contributed by atoms with Gasteiger partial charge in [-0.25, -0.2) is 4.79 Å². The lowest BCUT2D eigenvalue weighted by atomic mass is 9.84. The molecule has 0 spiro atoms. The number of amides is 3. The lowest BCUT2D eigenvalue weighted by molar-refractivity contribution is -0.142. The number of nitrogens with zero attached hydrogens (tertiary/aromatic N) is 1. The molecule has 1 aliphatic carbocycles. The van der Waals surface area contributed by atoms with E-state index in [2.05, 4.69) is 20.9 Å². The number of nitrogens with one attached hydrogen (secondary N) is 3. The number of hydrogen-bond acceptors (Lipinski definition) is 6. The van der Waals surface area contributed by atoms with E-state index < -0.39 is 6.10 Å². The van der Waals surface area contributed by atoms with Crippen LogP contribution < -0.4 is 20.7 Å². The van der Waals surface area contributed by atoms with Crippen molar-refractivity contribution >= 4 is 17.6 Å². The third-order valence-corrected chi connectivity index (χ3v) is 7.10. The van der Waals surface area contributed by atoms with E-state index in [0.717, 1.165) is 42.6 Å². The molecule has 186 valence electrons. The number of rotatable bonds is 7. The number of carbonyl (C=O) groups excluding carboxylic acids is 2. The number of benzene rings is 1. The van der Waals surface area contributed by atoms with E-state index in [1.807, 2.05) is 30.3 Å². The minimum absolute atomic E-state index is 0.0338. The summed E-state index contributed by atoms with van der Waals surface area (Å²) in [4.78, 5) is 29.0. The zero-order chi connectivity index (χ0) is 24.2. The Labute approximate surface area is 204 Å². The molecule has 1 saturated heterocycles. The highest BCUT2D eigenvalue weighted by molar-refractivity contribution is 5.89. The molecule has 35 heavy (non-hydrogen) atoms. The van der Waals surface area contributed by atoms with Crippen LogP contribution in [-0.4, -0.2) is 53.0 Å². The van der Waals surface area contributed by atoms with E-state index in [0.29, 0.717) is 18.7 Å². The van der Waals surface area contributed by atoms with Gasteiger partial charge in [0.15, 0.2) is 0 Å². The van der Waals surface area contributed by atoms with Gasteiger partial charge in [0, 0.05) is 42.1 Å². The van der Waals surface area contributed by atoms with Crippen molar-refractivity contribution in [3.8, 4) is 5.75 Å². The molecular weight excluding hydrogens is 448 g/mol. The van der Waals surface area contributed by atoms with Gasteiger partial charge in [0.2, 0.25) is 5.91 Å². The van der Waals surface area contributed by atoms with Gasteiger partial charge in [-0.15, -0.1) is 0 Å². The molecule has 5 rings (SSSR count). The van der Waals surface area contributed by atoms with Crippen molar-refractivity contribution in [2.45, 2.75) is 75.3 Å². The van der Waals surface area contributed by atoms with E-state index in [1.165, 1.54) is 0 Å². The van der Waals surface area contributed by atoms with Gasteiger partial charge >= 0.3 is 6.03 Å². The summed E-state index contributed by atoms with van der Waals surface area (Å²) in [5.41, 5.74) is 2.64. The number of fused-ring (bicyclic) bond motifs is 3. The first kappa shape index (κ1) is 23.6. The summed E-state index contributed by atoms with van der Waals surface area (Å²) in [6, 6.07) is 9.37. The Hall–Kier alpha value is -3.17. The van der Waals surface area contributed by atoms with Gasteiger partial charge in [0.05, 0.1) is 19.1 Å². The molecule has 0 bridgehead atoms. The SMILES string of the molecule is O=C(C[C@@H]1C[C@@H]2c3cc(NC(=O)NC4CCCC4)ccc3O[C@@H]2[C@H](CO)O1)NCc1ccncc1. The zero-order valence-corrected chi connectivity index (χ0v) is 19.6. The van der Waals surface area contributed by atoms with Crippen LogP contribution >= 0.6 is 0 Å². The number of aliphatic hydroxyl groups excluding tert-OH is 1. The minimum Gasteiger partial charge on any atom is -0.487 e. The smallest absolute Gasteiger partial charge is 0.319 e. The van der Waals surface area contributed by atoms with E-state index in [1.54, 1.807) is 12.4 Å². The van der Waals surface area contributed by atoms with Crippen molar-refractivity contribution in [3.63, 3.8) is 0 Å². The van der Waals surface area contributed by atoms with Crippen molar-refractivity contribution in [1.29, 1.82) is 0 Å². The molecule has 0 radical (unpaired) electrons. The predicted octanol–water partition coefficient (Wildman–Crippen LogP) is 2.85. The first-order valence-electron chi connectivity index (χ1n) is 12.4. The maximum absolute atomic E-state index is 12.6. The minimum atomic E-state index is -0.527. The summed E-state index contributed by atoms with van der Waals surface area (Å²) in [6.45, 7) is 0.229. The number of pyridine rings is 1. The van der Waals surface area contributed by atoms with Crippen LogP contribution in [0.25, 0.3) is 0 Å². The highest BCUT2D eigenvalue weighted by Crippen LogP contribution is 2.47. The Morgan fingerprint density at radius 1 is 1.11 bits per heavy atom. The molecule has 3 amide bonds. The zero-order valence-electron chi connectivity index (χ0n) is 19.6. The van der Waals surface area contributed by atoms with E-state index in [4.69, 9.17) is 9.47 Å². The van der Waals surface area contributed by atoms with Gasteiger partial charge < -0.3 is 30.5 Å². The normalized spacial score (nSPS) is 25.3. The fourth-order valence-electron chi connectivity index (χ4n) is 5.37. The standard InChI is InChI=1S/C26H32N4O5/c31-15-23-25-21(12-19(34-23)13-24(32)28-14-16-7-9-27-10-8-16)20-11-18(5-6-22(20)35-25)30-26(33)29-17-3-1-2-4-17/h5-11,17,19,21,23,25,31H,1-4,12-15H2,(H,28,32)(H2,29,30,33)/t19-,21+,23-,25-/m0/s1. The lowest BCUT2D eigenvalue weighted by Crippen LogP contribution is -2.47. The van der Waals surface area contributed by atoms with Gasteiger partial charge in [-0.1, -0.05) is 12.8 Å². The third kappa shape index (κ3) is 5.57. The molecule has 1 aromatic heterocycles. The number of carbonyl (C=O) groups is 2. The molecule has 2 aliphatic heterocycles. The summed E-state index contributed by atoms with van der Waals surface area (Å²) >= 11 is 0. The second-order valence-electron chi connectivity index (χ2n) is 9.57. The van der Waals surface area contributed by atoms with E-state index >= 15 is 0 Å². The van der Waals surface area contributed by atoms with Crippen LogP contribution in [0, 0.1) is 0 Å². The van der Waals surface area contributed by atoms with Crippen molar-refractivity contribution in [2.24, 2.45) is 0 Å². The number of urea groups is 1. The van der Waals surface area contributed by atoms with Crippen LogP contribution in [-0.2, 0) is 16.1 Å². The van der Waals surface area contributed by atoms with Gasteiger partial charge in [0.1, 0.15) is 18.0 Å². The van der Waals surface area contributed by atoms with Crippen LogP contribution in [0.4, 0.5) is 10.5 Å². The number of hydrogen-bond donors (Lipinski definition) is 4. The molecule has 3 heterocycles. The number of anilines is 1. The Kier molecular flexibility index (Phi) is 7.15. The fraction of sp³-hybridized carbons (Fsp3) is 0.500. The van der Waals surface area contributed by atoms with E-state index in [-0.39, 0.29) is 49.1 Å². The van der Waals surface area contributed by atoms with Crippen LogP contribution in [0.1, 0.15) is 55.6 Å². The summed E-state index contributed by atoms with van der Waals surface area (Å²) in [6.07, 6.45) is 7.33. The van der Waals surface area contributed by atoms with Crippen LogP contribution in [0.15, 0.2) is 42.7 Å². The Bertz CT molecular complexity index is 1040. The van der Waals surface area contributed by atoms with Gasteiger partial charge in [0.25, 0.3) is 0 Å². The quantitative estimate of drug-likeness (QED) is 0.484. The Balaban J connectivity index is 1.22. The molecule has 9 heteroatoms. The first-order valence-corrected chi connectivity index (χ1v) is 12.4. The molecule has 1 saturated carbocycles. The lowest BCUT2D eigenvalue weighted by Gasteiger charge is -2.37. The number of aromatic nitrogens is 1. The van der Waals surface area contributed by atoms with Crippen LogP contribution in [0.3, 0.4) is 0 Å². The first-order chi connectivity index (χ1) is 17.1. The Morgan fingerprint density at radius 3 is 2.69 bits per heavy atom. The van der Waals surface area contributed by atoms with Crippen molar-refractivity contribution in [1.82, 2.24) is 15.6 Å². The molecule has 2 fully saturated rings. The fourth-order valence-corrected chi connectivity index (χ4v) is 5.37. The summed E-state index contributed by atoms with van der Waals surface area (Å²) in [5, 5.41) is 18.9. The molecule has 4 N–H and O–H groups in total. The maximum atomic E-state index is 12.6. The Morgan fingerprint density at radius 2 is 1.91 bits per heavy atom. The van der Waals surface area contributed by atoms with E-state index in [9.17, 15) is 14.7 Å². The highest BCUT2D eigenvalue weighted by Gasteiger charge is 2.46. The van der Waals surface area contributed by atoms with Crippen LogP contribution in [0.5, 0.6) is 5.75 Å². The van der Waals surface area contributed by atoms with Crippen molar-refractivity contribution in [3.05, 3.63) is 53.9 Å². The van der Waals surface area contributed by atoms with Gasteiger partial charge in [-0.05, 0) is 55.2 Å². The average molecular weight is 481 g/mol. The third-order valence-electron chi connectivity index (χ3n) is 7.10. The number of ether oxygens (including phenoxy) is 2. The highest BCUT2D eigenvalue weighted by atomic mass is 16.6. The molecule has 4 atom stereocenters. The molecule has 2 aromatic rings. The summed E-state index contributed by atoms with van der Waals surface area (Å²) in [5.74, 6) is 0.584. The topological polar surface area (TPSA) is 122 Å². The predicted molar refractivity (Wildman–Crippen MR) is 129 cm³/mol. The molecular formula is C26H32N4O5.